The van der Waals surface area contributed by atoms with Crippen LogP contribution in [0, 0.1) is 5.41 Å². The van der Waals surface area contributed by atoms with Gasteiger partial charge in [0, 0.05) is 12.8 Å². The van der Waals surface area contributed by atoms with Gasteiger partial charge in [-0.05, 0) is 23.8 Å². The van der Waals surface area contributed by atoms with Crippen molar-refractivity contribution in [1.82, 2.24) is 4.90 Å². The molecular formula is C18H23NO3. The quantitative estimate of drug-likeness (QED) is 0.873. The molecule has 3 rings (SSSR count). The van der Waals surface area contributed by atoms with E-state index in [2.05, 4.69) is 0 Å². The van der Waals surface area contributed by atoms with Crippen molar-refractivity contribution in [3.05, 3.63) is 35.9 Å². The van der Waals surface area contributed by atoms with Gasteiger partial charge in [0.2, 0.25) is 11.8 Å². The topological polar surface area (TPSA) is 57.6 Å². The van der Waals surface area contributed by atoms with Gasteiger partial charge in [-0.3, -0.25) is 14.5 Å². The highest BCUT2D eigenvalue weighted by Gasteiger charge is 2.44. The van der Waals surface area contributed by atoms with Crippen molar-refractivity contribution < 1.29 is 14.7 Å². The van der Waals surface area contributed by atoms with Crippen molar-refractivity contribution in [3.8, 4) is 0 Å². The highest BCUT2D eigenvalue weighted by molar-refractivity contribution is 5.98. The van der Waals surface area contributed by atoms with Crippen LogP contribution in [-0.2, 0) is 9.59 Å². The number of carbonyl (C=O) groups excluding carboxylic acids is 2. The predicted octanol–water partition coefficient (Wildman–Crippen LogP) is 2.82. The normalized spacial score (nSPS) is 22.9. The first-order valence-electron chi connectivity index (χ1n) is 8.16. The van der Waals surface area contributed by atoms with Crippen molar-refractivity contribution in [2.24, 2.45) is 5.41 Å². The molecule has 1 saturated carbocycles. The molecule has 2 fully saturated rings. The molecule has 4 heteroatoms. The molecule has 2 amide bonds. The Kier molecular flexibility index (Phi) is 4.30. The van der Waals surface area contributed by atoms with Crippen molar-refractivity contribution in [1.29, 1.82) is 0 Å². The second-order valence-corrected chi connectivity index (χ2v) is 6.74. The van der Waals surface area contributed by atoms with E-state index in [1.54, 1.807) is 0 Å². The van der Waals surface area contributed by atoms with Crippen LogP contribution in [0.2, 0.25) is 0 Å². The lowest BCUT2D eigenvalue weighted by Crippen LogP contribution is -2.49. The van der Waals surface area contributed by atoms with E-state index in [1.807, 2.05) is 30.3 Å². The molecule has 1 atom stereocenters. The zero-order valence-electron chi connectivity index (χ0n) is 12.8. The SMILES string of the molecule is O=C1CC2(CCCCC2)CC(=O)N1C[C@@H](O)c1ccccc1. The maximum atomic E-state index is 12.4. The summed E-state index contributed by atoms with van der Waals surface area (Å²) in [7, 11) is 0. The minimum Gasteiger partial charge on any atom is -0.387 e. The molecule has 22 heavy (non-hydrogen) atoms. The second kappa shape index (κ2) is 6.21. The lowest BCUT2D eigenvalue weighted by molar-refractivity contribution is -0.156. The van der Waals surface area contributed by atoms with E-state index in [1.165, 1.54) is 11.3 Å². The number of carbonyl (C=O) groups is 2. The van der Waals surface area contributed by atoms with E-state index >= 15 is 0 Å². The first-order valence-corrected chi connectivity index (χ1v) is 8.16. The number of aliphatic hydroxyl groups excluding tert-OH is 1. The molecule has 0 bridgehead atoms. The summed E-state index contributed by atoms with van der Waals surface area (Å²) in [6, 6.07) is 9.18. The molecule has 0 aromatic heterocycles. The first kappa shape index (κ1) is 15.2. The number of hydrogen-bond donors (Lipinski definition) is 1. The van der Waals surface area contributed by atoms with E-state index in [4.69, 9.17) is 0 Å². The van der Waals surface area contributed by atoms with Crippen LogP contribution in [0.25, 0.3) is 0 Å². The van der Waals surface area contributed by atoms with Gasteiger partial charge in [0.25, 0.3) is 0 Å². The van der Waals surface area contributed by atoms with Crippen LogP contribution in [0.5, 0.6) is 0 Å². The zero-order chi connectivity index (χ0) is 15.6. The average Bonchev–Trinajstić information content (AvgIpc) is 2.52. The minimum atomic E-state index is -0.811. The van der Waals surface area contributed by atoms with Gasteiger partial charge in [-0.15, -0.1) is 0 Å². The van der Waals surface area contributed by atoms with Crippen LogP contribution in [0.4, 0.5) is 0 Å². The standard InChI is InChI=1S/C18H23NO3/c20-15(14-7-3-1-4-8-14)13-19-16(21)11-18(12-17(19)22)9-5-2-6-10-18/h1,3-4,7-8,15,20H,2,5-6,9-13H2/t15-/m1/s1. The average molecular weight is 301 g/mol. The van der Waals surface area contributed by atoms with Crippen molar-refractivity contribution in [2.75, 3.05) is 6.54 Å². The summed E-state index contributed by atoms with van der Waals surface area (Å²) in [6.45, 7) is 0.0672. The summed E-state index contributed by atoms with van der Waals surface area (Å²) in [5, 5.41) is 10.3. The summed E-state index contributed by atoms with van der Waals surface area (Å²) in [6.07, 6.45) is 5.52. The van der Waals surface area contributed by atoms with Crippen molar-refractivity contribution >= 4 is 11.8 Å². The van der Waals surface area contributed by atoms with E-state index in [0.29, 0.717) is 12.8 Å². The predicted molar refractivity (Wildman–Crippen MR) is 82.9 cm³/mol. The minimum absolute atomic E-state index is 0.0672. The van der Waals surface area contributed by atoms with Crippen molar-refractivity contribution in [2.45, 2.75) is 51.0 Å². The molecule has 1 aliphatic heterocycles. The molecule has 1 N–H and O–H groups in total. The number of nitrogens with zero attached hydrogens (tertiary/aromatic N) is 1. The third-order valence-corrected chi connectivity index (χ3v) is 5.11. The van der Waals surface area contributed by atoms with Crippen molar-refractivity contribution in [3.63, 3.8) is 0 Å². The summed E-state index contributed by atoms with van der Waals surface area (Å²) in [5.74, 6) is -0.235. The lowest BCUT2D eigenvalue weighted by atomic mass is 9.67. The van der Waals surface area contributed by atoms with Gasteiger partial charge in [0.15, 0.2) is 0 Å². The van der Waals surface area contributed by atoms with Gasteiger partial charge >= 0.3 is 0 Å². The largest absolute Gasteiger partial charge is 0.387 e. The molecule has 1 aromatic carbocycles. The van der Waals surface area contributed by atoms with E-state index < -0.39 is 6.10 Å². The maximum absolute atomic E-state index is 12.4. The number of amides is 2. The molecule has 1 spiro atoms. The Morgan fingerprint density at radius 1 is 1.00 bits per heavy atom. The Labute approximate surface area is 131 Å². The molecule has 2 aliphatic rings. The smallest absolute Gasteiger partial charge is 0.229 e. The molecule has 1 heterocycles. The van der Waals surface area contributed by atoms with Gasteiger partial charge in [-0.2, -0.15) is 0 Å². The number of β-amino-alcohol motifs (C(OH)–C–C–N with tert-alkyl or cyclic N) is 1. The fourth-order valence-corrected chi connectivity index (χ4v) is 3.85. The Balaban J connectivity index is 1.68. The monoisotopic (exact) mass is 301 g/mol. The van der Waals surface area contributed by atoms with Crippen LogP contribution in [-0.4, -0.2) is 28.4 Å². The number of likely N-dealkylation sites (tertiary alicyclic amines) is 1. The Bertz CT molecular complexity index is 529. The van der Waals surface area contributed by atoms with Gasteiger partial charge < -0.3 is 5.11 Å². The van der Waals surface area contributed by atoms with E-state index in [0.717, 1.165) is 31.2 Å². The van der Waals surface area contributed by atoms with E-state index in [-0.39, 0.29) is 23.8 Å². The zero-order valence-corrected chi connectivity index (χ0v) is 12.8. The second-order valence-electron chi connectivity index (χ2n) is 6.74. The van der Waals surface area contributed by atoms with Crippen LogP contribution < -0.4 is 0 Å². The van der Waals surface area contributed by atoms with Crippen LogP contribution in [0.1, 0.15) is 56.6 Å². The summed E-state index contributed by atoms with van der Waals surface area (Å²) < 4.78 is 0. The van der Waals surface area contributed by atoms with Crippen LogP contribution in [0.15, 0.2) is 30.3 Å². The molecule has 4 nitrogen and oxygen atoms in total. The van der Waals surface area contributed by atoms with Gasteiger partial charge in [-0.25, -0.2) is 0 Å². The number of rotatable bonds is 3. The Morgan fingerprint density at radius 3 is 2.18 bits per heavy atom. The molecule has 1 aromatic rings. The molecule has 118 valence electrons. The van der Waals surface area contributed by atoms with Gasteiger partial charge in [-0.1, -0.05) is 49.6 Å². The number of imide groups is 1. The number of piperidine rings is 1. The number of aliphatic hydroxyl groups is 1. The molecule has 1 saturated heterocycles. The molecular weight excluding hydrogens is 278 g/mol. The molecule has 0 radical (unpaired) electrons. The maximum Gasteiger partial charge on any atom is 0.229 e. The summed E-state index contributed by atoms with van der Waals surface area (Å²) in [4.78, 5) is 26.1. The molecule has 1 aliphatic carbocycles. The Morgan fingerprint density at radius 2 is 1.59 bits per heavy atom. The highest BCUT2D eigenvalue weighted by atomic mass is 16.3. The van der Waals surface area contributed by atoms with Gasteiger partial charge in [0.1, 0.15) is 0 Å². The molecule has 0 unspecified atom stereocenters. The number of hydrogen-bond acceptors (Lipinski definition) is 3. The third-order valence-electron chi connectivity index (χ3n) is 5.11. The Hall–Kier alpha value is -1.68. The highest BCUT2D eigenvalue weighted by Crippen LogP contribution is 2.45. The fourth-order valence-electron chi connectivity index (χ4n) is 3.85. The fraction of sp³-hybridized carbons (Fsp3) is 0.556. The lowest BCUT2D eigenvalue weighted by Gasteiger charge is -2.42. The van der Waals surface area contributed by atoms with E-state index in [9.17, 15) is 14.7 Å². The van der Waals surface area contributed by atoms with Crippen LogP contribution in [0.3, 0.4) is 0 Å². The van der Waals surface area contributed by atoms with Crippen LogP contribution >= 0.6 is 0 Å². The summed E-state index contributed by atoms with van der Waals surface area (Å²) >= 11 is 0. The number of benzene rings is 1. The van der Waals surface area contributed by atoms with Gasteiger partial charge in [0.05, 0.1) is 12.6 Å². The third kappa shape index (κ3) is 3.07. The first-order chi connectivity index (χ1) is 10.6. The summed E-state index contributed by atoms with van der Waals surface area (Å²) in [5.41, 5.74) is 0.640.